The zero-order valence-electron chi connectivity index (χ0n) is 9.64. The van der Waals surface area contributed by atoms with Crippen LogP contribution in [0.4, 0.5) is 13.2 Å². The predicted octanol–water partition coefficient (Wildman–Crippen LogP) is 4.54. The van der Waals surface area contributed by atoms with Crippen molar-refractivity contribution in [2.24, 2.45) is 0 Å². The smallest absolute Gasteiger partial charge is 0.364 e. The monoisotopic (exact) mass is 266 g/mol. The Labute approximate surface area is 104 Å². The number of halogens is 4. The molecular weight excluding hydrogens is 253 g/mol. The molecule has 0 fully saturated rings. The molecule has 0 radical (unpaired) electrons. The van der Waals surface area contributed by atoms with Crippen LogP contribution < -0.4 is 0 Å². The van der Waals surface area contributed by atoms with Crippen LogP contribution in [0.2, 0.25) is 5.02 Å². The van der Waals surface area contributed by atoms with Crippen LogP contribution >= 0.6 is 11.6 Å². The van der Waals surface area contributed by atoms with Gasteiger partial charge in [0.05, 0.1) is 0 Å². The molecule has 17 heavy (non-hydrogen) atoms. The van der Waals surface area contributed by atoms with Gasteiger partial charge in [0.15, 0.2) is 5.60 Å². The van der Waals surface area contributed by atoms with Crippen molar-refractivity contribution in [2.75, 3.05) is 7.11 Å². The number of hydrogen-bond donors (Lipinski definition) is 0. The van der Waals surface area contributed by atoms with Crippen LogP contribution in [-0.4, -0.2) is 13.3 Å². The summed E-state index contributed by atoms with van der Waals surface area (Å²) in [4.78, 5) is 0. The molecule has 96 valence electrons. The Bertz CT molecular complexity index is 378. The van der Waals surface area contributed by atoms with E-state index in [0.717, 1.165) is 7.11 Å². The maximum absolute atomic E-state index is 13.2. The van der Waals surface area contributed by atoms with Crippen LogP contribution in [-0.2, 0) is 10.3 Å². The van der Waals surface area contributed by atoms with E-state index in [1.54, 1.807) is 13.0 Å². The Balaban J connectivity index is 3.38. The molecule has 1 nitrogen and oxygen atoms in total. The fraction of sp³-hybridized carbons (Fsp3) is 0.500. The standard InChI is InChI=1S/C12H14ClF3O/c1-3-8-11(17-2,12(14,15)16)9-6-4-5-7-10(9)13/h4-7H,3,8H2,1-2H3. The van der Waals surface area contributed by atoms with Crippen LogP contribution in [0.5, 0.6) is 0 Å². The normalized spacial score (nSPS) is 15.6. The summed E-state index contributed by atoms with van der Waals surface area (Å²) in [6, 6.07) is 5.91. The van der Waals surface area contributed by atoms with Crippen molar-refractivity contribution in [1.82, 2.24) is 0 Å². The van der Waals surface area contributed by atoms with Crippen molar-refractivity contribution < 1.29 is 17.9 Å². The molecule has 0 amide bonds. The van der Waals surface area contributed by atoms with Crippen molar-refractivity contribution in [2.45, 2.75) is 31.5 Å². The summed E-state index contributed by atoms with van der Waals surface area (Å²) < 4.78 is 44.5. The lowest BCUT2D eigenvalue weighted by Crippen LogP contribution is -2.44. The molecule has 0 aliphatic carbocycles. The van der Waals surface area contributed by atoms with Gasteiger partial charge in [0.2, 0.25) is 0 Å². The molecule has 1 unspecified atom stereocenters. The average Bonchev–Trinajstić information content (AvgIpc) is 2.25. The van der Waals surface area contributed by atoms with Crippen LogP contribution in [0.3, 0.4) is 0 Å². The maximum Gasteiger partial charge on any atom is 0.421 e. The first-order chi connectivity index (χ1) is 7.89. The molecule has 0 aliphatic rings. The van der Waals surface area contributed by atoms with Gasteiger partial charge in [0.25, 0.3) is 0 Å². The minimum atomic E-state index is -4.50. The van der Waals surface area contributed by atoms with Crippen LogP contribution in [0, 0.1) is 0 Å². The summed E-state index contributed by atoms with van der Waals surface area (Å²) in [5.41, 5.74) is -2.35. The van der Waals surface area contributed by atoms with Crippen LogP contribution in [0.15, 0.2) is 24.3 Å². The third-order valence-electron chi connectivity index (χ3n) is 2.72. The third-order valence-corrected chi connectivity index (χ3v) is 3.05. The van der Waals surface area contributed by atoms with Crippen LogP contribution in [0.1, 0.15) is 25.3 Å². The average molecular weight is 267 g/mol. The summed E-state index contributed by atoms with van der Waals surface area (Å²) in [5, 5.41) is 0.0696. The summed E-state index contributed by atoms with van der Waals surface area (Å²) in [7, 11) is 1.06. The van der Waals surface area contributed by atoms with Crippen molar-refractivity contribution in [3.05, 3.63) is 34.9 Å². The predicted molar refractivity (Wildman–Crippen MR) is 61.1 cm³/mol. The van der Waals surface area contributed by atoms with Crippen LogP contribution in [0.25, 0.3) is 0 Å². The molecule has 0 saturated heterocycles. The van der Waals surface area contributed by atoms with E-state index in [0.29, 0.717) is 6.42 Å². The molecule has 1 aromatic carbocycles. The van der Waals surface area contributed by atoms with E-state index in [2.05, 4.69) is 0 Å². The molecular formula is C12H14ClF3O. The van der Waals surface area contributed by atoms with Gasteiger partial charge in [-0.3, -0.25) is 0 Å². The second-order valence-electron chi connectivity index (χ2n) is 3.76. The molecule has 0 heterocycles. The van der Waals surface area contributed by atoms with E-state index in [9.17, 15) is 13.2 Å². The van der Waals surface area contributed by atoms with E-state index in [4.69, 9.17) is 16.3 Å². The highest BCUT2D eigenvalue weighted by Gasteiger charge is 2.56. The maximum atomic E-state index is 13.2. The molecule has 0 spiro atoms. The molecule has 0 aromatic heterocycles. The lowest BCUT2D eigenvalue weighted by atomic mass is 9.88. The minimum absolute atomic E-state index is 0.0292. The van der Waals surface area contributed by atoms with Crippen molar-refractivity contribution in [3.63, 3.8) is 0 Å². The summed E-state index contributed by atoms with van der Waals surface area (Å²) in [6.45, 7) is 1.68. The highest BCUT2D eigenvalue weighted by atomic mass is 35.5. The van der Waals surface area contributed by atoms with E-state index in [1.807, 2.05) is 0 Å². The first-order valence-electron chi connectivity index (χ1n) is 5.26. The largest absolute Gasteiger partial charge is 0.421 e. The molecule has 1 rings (SSSR count). The quantitative estimate of drug-likeness (QED) is 0.777. The fourth-order valence-electron chi connectivity index (χ4n) is 1.90. The Kier molecular flexibility index (Phi) is 4.44. The second-order valence-corrected chi connectivity index (χ2v) is 4.17. The molecule has 5 heteroatoms. The highest BCUT2D eigenvalue weighted by molar-refractivity contribution is 6.31. The lowest BCUT2D eigenvalue weighted by Gasteiger charge is -2.35. The van der Waals surface area contributed by atoms with E-state index in [1.165, 1.54) is 18.2 Å². The lowest BCUT2D eigenvalue weighted by molar-refractivity contribution is -0.279. The summed E-state index contributed by atoms with van der Waals surface area (Å²) in [5.74, 6) is 0. The third kappa shape index (κ3) is 2.58. The Hall–Kier alpha value is -0.740. The number of ether oxygens (including phenoxy) is 1. The Morgan fingerprint density at radius 1 is 1.24 bits per heavy atom. The molecule has 0 saturated carbocycles. The molecule has 1 aromatic rings. The molecule has 0 N–H and O–H groups in total. The highest BCUT2D eigenvalue weighted by Crippen LogP contribution is 2.47. The number of hydrogen-bond acceptors (Lipinski definition) is 1. The van der Waals surface area contributed by atoms with Gasteiger partial charge in [-0.15, -0.1) is 0 Å². The number of rotatable bonds is 4. The zero-order chi connectivity index (χ0) is 13.1. The Morgan fingerprint density at radius 3 is 2.24 bits per heavy atom. The van der Waals surface area contributed by atoms with E-state index < -0.39 is 11.8 Å². The van der Waals surface area contributed by atoms with E-state index >= 15 is 0 Å². The topological polar surface area (TPSA) is 9.23 Å². The van der Waals surface area contributed by atoms with Crippen molar-refractivity contribution in [3.8, 4) is 0 Å². The Morgan fingerprint density at radius 2 is 1.82 bits per heavy atom. The van der Waals surface area contributed by atoms with Gasteiger partial charge >= 0.3 is 6.18 Å². The fourth-order valence-corrected chi connectivity index (χ4v) is 2.19. The van der Waals surface area contributed by atoms with Gasteiger partial charge in [-0.25, -0.2) is 0 Å². The first kappa shape index (κ1) is 14.3. The SMILES string of the molecule is CCCC(OC)(c1ccccc1Cl)C(F)(F)F. The second kappa shape index (κ2) is 5.27. The van der Waals surface area contributed by atoms with Gasteiger partial charge in [-0.2, -0.15) is 13.2 Å². The van der Waals surface area contributed by atoms with Gasteiger partial charge in [-0.1, -0.05) is 43.1 Å². The summed E-state index contributed by atoms with van der Waals surface area (Å²) in [6.07, 6.45) is -4.31. The van der Waals surface area contributed by atoms with E-state index in [-0.39, 0.29) is 17.0 Å². The number of methoxy groups -OCH3 is 1. The zero-order valence-corrected chi connectivity index (χ0v) is 10.4. The van der Waals surface area contributed by atoms with Crippen molar-refractivity contribution >= 4 is 11.6 Å². The minimum Gasteiger partial charge on any atom is -0.364 e. The van der Waals surface area contributed by atoms with Gasteiger partial charge in [-0.05, 0) is 12.5 Å². The van der Waals surface area contributed by atoms with Gasteiger partial charge in [0, 0.05) is 17.7 Å². The van der Waals surface area contributed by atoms with Gasteiger partial charge < -0.3 is 4.74 Å². The first-order valence-corrected chi connectivity index (χ1v) is 5.63. The molecule has 0 aliphatic heterocycles. The van der Waals surface area contributed by atoms with Gasteiger partial charge in [0.1, 0.15) is 0 Å². The number of alkyl halides is 3. The summed E-state index contributed by atoms with van der Waals surface area (Å²) >= 11 is 5.85. The molecule has 0 bridgehead atoms. The molecule has 1 atom stereocenters. The van der Waals surface area contributed by atoms with Crippen molar-refractivity contribution in [1.29, 1.82) is 0 Å². The number of benzene rings is 1.